The summed E-state index contributed by atoms with van der Waals surface area (Å²) < 4.78 is 11.2. The number of rotatable bonds is 4. The van der Waals surface area contributed by atoms with Gasteiger partial charge < -0.3 is 9.15 Å². The van der Waals surface area contributed by atoms with E-state index in [1.165, 1.54) is 0 Å². The first-order valence-corrected chi connectivity index (χ1v) is 9.41. The zero-order chi connectivity index (χ0) is 20.4. The number of hydrogen-bond acceptors (Lipinski definition) is 4. The predicted octanol–water partition coefficient (Wildman–Crippen LogP) is 5.22. The quantitative estimate of drug-likeness (QED) is 0.275. The van der Waals surface area contributed by atoms with Crippen LogP contribution in [0.5, 0.6) is 5.75 Å². The van der Waals surface area contributed by atoms with Crippen molar-refractivity contribution in [3.05, 3.63) is 111 Å². The molecule has 0 aliphatic carbocycles. The standard InChI is InChI=1S/C25H20O4/c1-16-20-13-14-22(28-24(26)19-11-7-4-8-12-19)17(2)23(20)29-25(27)21(16)15-18-9-5-3-6-10-18/h3-14H,15H2,1-2H3. The molecule has 29 heavy (non-hydrogen) atoms. The molecule has 0 fully saturated rings. The molecule has 0 N–H and O–H groups in total. The molecule has 0 aliphatic heterocycles. The van der Waals surface area contributed by atoms with Crippen molar-refractivity contribution in [3.63, 3.8) is 0 Å². The first-order valence-electron chi connectivity index (χ1n) is 9.41. The Morgan fingerprint density at radius 1 is 0.862 bits per heavy atom. The van der Waals surface area contributed by atoms with E-state index in [1.54, 1.807) is 37.3 Å². The molecule has 4 heteroatoms. The Morgan fingerprint density at radius 3 is 2.21 bits per heavy atom. The van der Waals surface area contributed by atoms with Crippen LogP contribution in [-0.2, 0) is 6.42 Å². The van der Waals surface area contributed by atoms with Gasteiger partial charge in [-0.15, -0.1) is 0 Å². The molecule has 4 aromatic rings. The number of aryl methyl sites for hydroxylation is 2. The van der Waals surface area contributed by atoms with Crippen molar-refractivity contribution in [2.45, 2.75) is 20.3 Å². The summed E-state index contributed by atoms with van der Waals surface area (Å²) in [4.78, 5) is 25.1. The summed E-state index contributed by atoms with van der Waals surface area (Å²) in [5.41, 5.74) is 3.73. The van der Waals surface area contributed by atoms with E-state index < -0.39 is 5.97 Å². The lowest BCUT2D eigenvalue weighted by atomic mass is 9.98. The fourth-order valence-corrected chi connectivity index (χ4v) is 3.42. The van der Waals surface area contributed by atoms with Gasteiger partial charge in [-0.2, -0.15) is 0 Å². The van der Waals surface area contributed by atoms with E-state index in [0.29, 0.717) is 34.4 Å². The number of hydrogen-bond donors (Lipinski definition) is 0. The molecule has 0 unspecified atom stereocenters. The number of carbonyl (C=O) groups is 1. The van der Waals surface area contributed by atoms with Crippen LogP contribution < -0.4 is 10.4 Å². The average Bonchev–Trinajstić information content (AvgIpc) is 2.75. The van der Waals surface area contributed by atoms with Crippen molar-refractivity contribution in [3.8, 4) is 5.75 Å². The molecule has 0 aliphatic rings. The van der Waals surface area contributed by atoms with Crippen LogP contribution in [0.2, 0.25) is 0 Å². The van der Waals surface area contributed by atoms with Crippen LogP contribution in [0.1, 0.15) is 32.6 Å². The van der Waals surface area contributed by atoms with Crippen LogP contribution in [0.3, 0.4) is 0 Å². The lowest BCUT2D eigenvalue weighted by Gasteiger charge is -2.12. The fourth-order valence-electron chi connectivity index (χ4n) is 3.42. The van der Waals surface area contributed by atoms with Crippen molar-refractivity contribution in [2.75, 3.05) is 0 Å². The van der Waals surface area contributed by atoms with Gasteiger partial charge in [0.25, 0.3) is 0 Å². The van der Waals surface area contributed by atoms with Gasteiger partial charge in [0.2, 0.25) is 0 Å². The summed E-state index contributed by atoms with van der Waals surface area (Å²) in [6.45, 7) is 3.71. The highest BCUT2D eigenvalue weighted by Gasteiger charge is 2.17. The Hall–Kier alpha value is -3.66. The van der Waals surface area contributed by atoms with Crippen LogP contribution in [0.15, 0.2) is 82.0 Å². The molecular weight excluding hydrogens is 364 g/mol. The van der Waals surface area contributed by atoms with Gasteiger partial charge in [0, 0.05) is 22.9 Å². The van der Waals surface area contributed by atoms with E-state index in [9.17, 15) is 9.59 Å². The fraction of sp³-hybridized carbons (Fsp3) is 0.120. The maximum atomic E-state index is 12.7. The van der Waals surface area contributed by atoms with Gasteiger partial charge in [-0.05, 0) is 49.2 Å². The van der Waals surface area contributed by atoms with Crippen molar-refractivity contribution in [1.29, 1.82) is 0 Å². The molecule has 3 aromatic carbocycles. The smallest absolute Gasteiger partial charge is 0.343 e. The van der Waals surface area contributed by atoms with Gasteiger partial charge in [0.15, 0.2) is 0 Å². The van der Waals surface area contributed by atoms with Crippen molar-refractivity contribution in [2.24, 2.45) is 0 Å². The molecule has 0 radical (unpaired) electrons. The summed E-state index contributed by atoms with van der Waals surface area (Å²) in [6, 6.07) is 22.2. The summed E-state index contributed by atoms with van der Waals surface area (Å²) in [6.07, 6.45) is 0.509. The van der Waals surface area contributed by atoms with Crippen LogP contribution in [0.4, 0.5) is 0 Å². The lowest BCUT2D eigenvalue weighted by molar-refractivity contribution is 0.0733. The second-order valence-corrected chi connectivity index (χ2v) is 6.98. The number of benzene rings is 3. The SMILES string of the molecule is Cc1c(Cc2ccccc2)c(=O)oc2c(C)c(OC(=O)c3ccccc3)ccc12. The minimum atomic E-state index is -0.451. The molecule has 0 amide bonds. The van der Waals surface area contributed by atoms with Crippen molar-refractivity contribution >= 4 is 16.9 Å². The first-order chi connectivity index (χ1) is 14.0. The third kappa shape index (κ3) is 3.69. The molecule has 1 aromatic heterocycles. The van der Waals surface area contributed by atoms with Gasteiger partial charge >= 0.3 is 11.6 Å². The molecule has 4 rings (SSSR count). The molecule has 0 saturated carbocycles. The summed E-state index contributed by atoms with van der Waals surface area (Å²) >= 11 is 0. The summed E-state index contributed by atoms with van der Waals surface area (Å²) in [5.74, 6) is -0.0717. The highest BCUT2D eigenvalue weighted by Crippen LogP contribution is 2.30. The van der Waals surface area contributed by atoms with E-state index >= 15 is 0 Å². The lowest BCUT2D eigenvalue weighted by Crippen LogP contribution is -2.12. The second-order valence-electron chi connectivity index (χ2n) is 6.98. The van der Waals surface area contributed by atoms with E-state index in [-0.39, 0.29) is 5.63 Å². The second kappa shape index (κ2) is 7.76. The maximum absolute atomic E-state index is 12.7. The Morgan fingerprint density at radius 2 is 1.52 bits per heavy atom. The molecule has 144 valence electrons. The molecular formula is C25H20O4. The Bertz CT molecular complexity index is 1240. The van der Waals surface area contributed by atoms with Crippen LogP contribution in [0, 0.1) is 13.8 Å². The van der Waals surface area contributed by atoms with E-state index in [4.69, 9.17) is 9.15 Å². The third-order valence-corrected chi connectivity index (χ3v) is 5.09. The summed E-state index contributed by atoms with van der Waals surface area (Å²) in [7, 11) is 0. The number of fused-ring (bicyclic) bond motifs is 1. The zero-order valence-electron chi connectivity index (χ0n) is 16.3. The first kappa shape index (κ1) is 18.7. The van der Waals surface area contributed by atoms with Gasteiger partial charge in [-0.25, -0.2) is 9.59 Å². The van der Waals surface area contributed by atoms with Gasteiger partial charge in [0.1, 0.15) is 11.3 Å². The molecule has 4 nitrogen and oxygen atoms in total. The van der Waals surface area contributed by atoms with Crippen LogP contribution in [-0.4, -0.2) is 5.97 Å². The molecule has 1 heterocycles. The highest BCUT2D eigenvalue weighted by molar-refractivity contribution is 5.92. The Kier molecular flexibility index (Phi) is 5.00. The topological polar surface area (TPSA) is 56.5 Å². The third-order valence-electron chi connectivity index (χ3n) is 5.09. The normalized spacial score (nSPS) is 10.8. The van der Waals surface area contributed by atoms with Gasteiger partial charge in [0.05, 0.1) is 5.56 Å². The van der Waals surface area contributed by atoms with Gasteiger partial charge in [-0.3, -0.25) is 0 Å². The summed E-state index contributed by atoms with van der Waals surface area (Å²) in [5, 5.41) is 0.840. The number of esters is 1. The molecule has 0 saturated heterocycles. The molecule has 0 spiro atoms. The van der Waals surface area contributed by atoms with Crippen molar-refractivity contribution < 1.29 is 13.9 Å². The average molecular weight is 384 g/mol. The van der Waals surface area contributed by atoms with Crippen LogP contribution in [0.25, 0.3) is 11.0 Å². The van der Waals surface area contributed by atoms with Gasteiger partial charge in [-0.1, -0.05) is 48.5 Å². The monoisotopic (exact) mass is 384 g/mol. The Labute approximate surface area is 168 Å². The predicted molar refractivity (Wildman–Crippen MR) is 113 cm³/mol. The zero-order valence-corrected chi connectivity index (χ0v) is 16.3. The van der Waals surface area contributed by atoms with Crippen LogP contribution >= 0.6 is 0 Å². The van der Waals surface area contributed by atoms with E-state index in [1.807, 2.05) is 49.4 Å². The molecule has 0 atom stereocenters. The minimum Gasteiger partial charge on any atom is -0.423 e. The van der Waals surface area contributed by atoms with Crippen molar-refractivity contribution in [1.82, 2.24) is 0 Å². The number of ether oxygens (including phenoxy) is 1. The highest BCUT2D eigenvalue weighted by atomic mass is 16.5. The largest absolute Gasteiger partial charge is 0.423 e. The van der Waals surface area contributed by atoms with E-state index in [0.717, 1.165) is 16.5 Å². The Balaban J connectivity index is 1.73. The van der Waals surface area contributed by atoms with E-state index in [2.05, 4.69) is 0 Å². The number of carbonyl (C=O) groups excluding carboxylic acids is 1. The molecule has 0 bridgehead atoms. The maximum Gasteiger partial charge on any atom is 0.343 e. The minimum absolute atomic E-state index is 0.367.